The highest BCUT2D eigenvalue weighted by atomic mass is 16.5. The molecule has 8 nitrogen and oxygen atoms in total. The van der Waals surface area contributed by atoms with Crippen LogP contribution in [0.1, 0.15) is 80.6 Å². The van der Waals surface area contributed by atoms with E-state index in [0.717, 1.165) is 0 Å². The standard InChI is InChI=1S/C31H42O8/c1-15(11-17(32)12-16(2)27(38)39-8)18-13-22(35)31(7)23-19(33)14-20-28(3,4)21(34)9-10-29(20,5)24(23)25(36)26(37)30(18,31)6/h11,16,18-20,26,33,37H,9-10,12-14H2,1-8H3/b15-11+/t16?,18-,19+,20+,26-,29+,30+,31+/m1/s1. The summed E-state index contributed by atoms with van der Waals surface area (Å²) in [4.78, 5) is 65.5. The van der Waals surface area contributed by atoms with E-state index in [9.17, 15) is 34.2 Å². The molecule has 4 aliphatic carbocycles. The number of Topliss-reactive ketones (excluding diaryl/α,β-unsaturated/α-hetero) is 3. The highest BCUT2D eigenvalue weighted by Gasteiger charge is 2.73. The maximum Gasteiger partial charge on any atom is 0.308 e. The Kier molecular flexibility index (Phi) is 7.04. The van der Waals surface area contributed by atoms with Gasteiger partial charge in [0.05, 0.1) is 24.5 Å². The van der Waals surface area contributed by atoms with Crippen LogP contribution in [0.25, 0.3) is 0 Å². The van der Waals surface area contributed by atoms with Gasteiger partial charge in [-0.3, -0.25) is 24.0 Å². The molecule has 0 heterocycles. The van der Waals surface area contributed by atoms with E-state index in [2.05, 4.69) is 0 Å². The van der Waals surface area contributed by atoms with E-state index in [-0.39, 0.29) is 49.0 Å². The molecule has 0 saturated heterocycles. The average molecular weight is 543 g/mol. The van der Waals surface area contributed by atoms with Crippen LogP contribution in [0.3, 0.4) is 0 Å². The van der Waals surface area contributed by atoms with Gasteiger partial charge in [0, 0.05) is 41.1 Å². The van der Waals surface area contributed by atoms with E-state index in [1.807, 2.05) is 20.8 Å². The molecule has 0 aliphatic heterocycles. The molecule has 0 spiro atoms. The first-order valence-corrected chi connectivity index (χ1v) is 13.9. The second kappa shape index (κ2) is 9.30. The maximum atomic E-state index is 14.1. The fourth-order valence-electron chi connectivity index (χ4n) is 8.72. The molecule has 2 fully saturated rings. The van der Waals surface area contributed by atoms with Gasteiger partial charge in [0.15, 0.2) is 11.6 Å². The fourth-order valence-corrected chi connectivity index (χ4v) is 8.72. The number of carbonyl (C=O) groups is 5. The number of ether oxygens (including phenoxy) is 1. The van der Waals surface area contributed by atoms with Crippen LogP contribution in [-0.2, 0) is 28.7 Å². The van der Waals surface area contributed by atoms with Gasteiger partial charge in [-0.25, -0.2) is 0 Å². The Hall–Kier alpha value is -2.45. The summed E-state index contributed by atoms with van der Waals surface area (Å²) in [6.45, 7) is 12.4. The number of allylic oxidation sites excluding steroid dienone is 2. The first-order chi connectivity index (χ1) is 17.9. The minimum Gasteiger partial charge on any atom is -0.469 e. The molecule has 8 heteroatoms. The molecule has 4 rings (SSSR count). The van der Waals surface area contributed by atoms with E-state index < -0.39 is 57.5 Å². The van der Waals surface area contributed by atoms with Crippen molar-refractivity contribution in [2.75, 3.05) is 7.11 Å². The number of hydrogen-bond acceptors (Lipinski definition) is 8. The smallest absolute Gasteiger partial charge is 0.308 e. The van der Waals surface area contributed by atoms with Crippen molar-refractivity contribution in [2.24, 2.45) is 39.4 Å². The molecular weight excluding hydrogens is 500 g/mol. The zero-order chi connectivity index (χ0) is 29.5. The number of aliphatic hydroxyl groups excluding tert-OH is 2. The lowest BCUT2D eigenvalue weighted by Crippen LogP contribution is -2.64. The van der Waals surface area contributed by atoms with Gasteiger partial charge in [0.1, 0.15) is 17.7 Å². The number of carbonyl (C=O) groups excluding carboxylic acids is 5. The Bertz CT molecular complexity index is 1220. The quantitative estimate of drug-likeness (QED) is 0.399. The number of methoxy groups -OCH3 is 1. The highest BCUT2D eigenvalue weighted by molar-refractivity contribution is 6.08. The molecule has 0 aromatic rings. The predicted molar refractivity (Wildman–Crippen MR) is 142 cm³/mol. The summed E-state index contributed by atoms with van der Waals surface area (Å²) < 4.78 is 4.71. The summed E-state index contributed by atoms with van der Waals surface area (Å²) in [5, 5.41) is 23.3. The van der Waals surface area contributed by atoms with Crippen molar-refractivity contribution in [1.82, 2.24) is 0 Å². The van der Waals surface area contributed by atoms with Gasteiger partial charge in [-0.15, -0.1) is 0 Å². The minimum atomic E-state index is -1.53. The number of fused-ring (bicyclic) bond motifs is 4. The first kappa shape index (κ1) is 29.5. The molecule has 214 valence electrons. The summed E-state index contributed by atoms with van der Waals surface area (Å²) in [5.41, 5.74) is -2.91. The van der Waals surface area contributed by atoms with Crippen molar-refractivity contribution in [3.05, 3.63) is 22.8 Å². The van der Waals surface area contributed by atoms with Gasteiger partial charge < -0.3 is 14.9 Å². The van der Waals surface area contributed by atoms with Crippen molar-refractivity contribution in [2.45, 2.75) is 92.8 Å². The van der Waals surface area contributed by atoms with E-state index in [1.54, 1.807) is 27.7 Å². The van der Waals surface area contributed by atoms with Crippen LogP contribution in [0.5, 0.6) is 0 Å². The number of ketones is 4. The normalized spacial score (nSPS) is 40.6. The van der Waals surface area contributed by atoms with Crippen LogP contribution in [-0.4, -0.2) is 58.6 Å². The van der Waals surface area contributed by atoms with Crippen LogP contribution >= 0.6 is 0 Å². The Morgan fingerprint density at radius 2 is 1.69 bits per heavy atom. The lowest BCUT2D eigenvalue weighted by Gasteiger charge is -2.61. The van der Waals surface area contributed by atoms with E-state index in [0.29, 0.717) is 23.1 Å². The molecule has 4 aliphatic rings. The number of esters is 1. The first-order valence-electron chi connectivity index (χ1n) is 13.9. The molecule has 0 amide bonds. The molecule has 1 unspecified atom stereocenters. The van der Waals surface area contributed by atoms with Gasteiger partial charge >= 0.3 is 5.97 Å². The molecule has 0 aromatic carbocycles. The third kappa shape index (κ3) is 3.80. The zero-order valence-electron chi connectivity index (χ0n) is 24.3. The molecule has 8 atom stereocenters. The molecule has 2 saturated carbocycles. The largest absolute Gasteiger partial charge is 0.469 e. The van der Waals surface area contributed by atoms with E-state index in [4.69, 9.17) is 4.74 Å². The topological polar surface area (TPSA) is 135 Å². The molecule has 2 N–H and O–H groups in total. The zero-order valence-corrected chi connectivity index (χ0v) is 24.3. The summed E-state index contributed by atoms with van der Waals surface area (Å²) in [6.07, 6.45) is -0.351. The van der Waals surface area contributed by atoms with Crippen molar-refractivity contribution in [3.8, 4) is 0 Å². The Morgan fingerprint density at radius 3 is 2.28 bits per heavy atom. The molecule has 0 radical (unpaired) electrons. The lowest BCUT2D eigenvalue weighted by molar-refractivity contribution is -0.156. The van der Waals surface area contributed by atoms with Crippen LogP contribution < -0.4 is 0 Å². The van der Waals surface area contributed by atoms with E-state index >= 15 is 0 Å². The number of rotatable bonds is 5. The SMILES string of the molecule is COC(=O)C(C)CC(=O)/C=C(\C)[C@H]1CC(=O)[C@@]2(C)C3=C(C(=O)[C@@H](O)[C@]12C)[C@@]1(C)CCC(=O)C(C)(C)[C@@H]1C[C@@H]3O. The molecular formula is C31H42O8. The van der Waals surface area contributed by atoms with Crippen LogP contribution in [0.4, 0.5) is 0 Å². The second-order valence-corrected chi connectivity index (χ2v) is 13.5. The van der Waals surface area contributed by atoms with Gasteiger partial charge in [-0.1, -0.05) is 40.2 Å². The maximum absolute atomic E-state index is 14.1. The van der Waals surface area contributed by atoms with Crippen molar-refractivity contribution >= 4 is 29.1 Å². The van der Waals surface area contributed by atoms with Crippen LogP contribution in [0.2, 0.25) is 0 Å². The Morgan fingerprint density at radius 1 is 1.08 bits per heavy atom. The van der Waals surface area contributed by atoms with Gasteiger partial charge in [0.25, 0.3) is 0 Å². The van der Waals surface area contributed by atoms with E-state index in [1.165, 1.54) is 13.2 Å². The molecule has 39 heavy (non-hydrogen) atoms. The third-order valence-corrected chi connectivity index (χ3v) is 11.3. The summed E-state index contributed by atoms with van der Waals surface area (Å²) in [5.74, 6) is -2.98. The Labute approximate surface area is 230 Å². The summed E-state index contributed by atoms with van der Waals surface area (Å²) in [6, 6.07) is 0. The van der Waals surface area contributed by atoms with Crippen LogP contribution in [0.15, 0.2) is 22.8 Å². The number of aliphatic hydroxyl groups is 2. The van der Waals surface area contributed by atoms with Crippen molar-refractivity contribution in [1.29, 1.82) is 0 Å². The fraction of sp³-hybridized carbons (Fsp3) is 0.710. The highest BCUT2D eigenvalue weighted by Crippen LogP contribution is 2.70. The van der Waals surface area contributed by atoms with Gasteiger partial charge in [-0.2, -0.15) is 0 Å². The van der Waals surface area contributed by atoms with Crippen molar-refractivity contribution in [3.63, 3.8) is 0 Å². The lowest BCUT2D eigenvalue weighted by atomic mass is 9.42. The minimum absolute atomic E-state index is 0.00707. The average Bonchev–Trinajstić information content (AvgIpc) is 3.07. The predicted octanol–water partition coefficient (Wildman–Crippen LogP) is 3.32. The summed E-state index contributed by atoms with van der Waals surface area (Å²) >= 11 is 0. The van der Waals surface area contributed by atoms with Crippen LogP contribution in [0, 0.1) is 39.4 Å². The molecule has 0 aromatic heterocycles. The monoisotopic (exact) mass is 542 g/mol. The molecule has 0 bridgehead atoms. The second-order valence-electron chi connectivity index (χ2n) is 13.5. The van der Waals surface area contributed by atoms with Crippen molar-refractivity contribution < 1.29 is 38.9 Å². The van der Waals surface area contributed by atoms with Gasteiger partial charge in [-0.05, 0) is 50.2 Å². The number of hydrogen-bond donors (Lipinski definition) is 2. The summed E-state index contributed by atoms with van der Waals surface area (Å²) in [7, 11) is 1.26. The van der Waals surface area contributed by atoms with Gasteiger partial charge in [0.2, 0.25) is 0 Å². The third-order valence-electron chi connectivity index (χ3n) is 11.3. The Balaban J connectivity index is 1.83.